The Labute approximate surface area is 503 Å². The van der Waals surface area contributed by atoms with Gasteiger partial charge in [-0.3, -0.25) is 13.8 Å². The van der Waals surface area contributed by atoms with Crippen molar-refractivity contribution in [3.05, 3.63) is 85.1 Å². The van der Waals surface area contributed by atoms with Gasteiger partial charge in [0, 0.05) is 6.42 Å². The molecule has 0 bridgehead atoms. The number of phosphoric ester groups is 1. The minimum atomic E-state index is -4.36. The zero-order valence-electron chi connectivity index (χ0n) is 54.0. The quantitative estimate of drug-likeness (QED) is 0.0243. The Kier molecular flexibility index (Phi) is 60.4. The lowest BCUT2D eigenvalue weighted by Crippen LogP contribution is -2.45. The van der Waals surface area contributed by atoms with E-state index in [0.29, 0.717) is 17.4 Å². The van der Waals surface area contributed by atoms with Crippen LogP contribution in [-0.4, -0.2) is 73.4 Å². The van der Waals surface area contributed by atoms with Gasteiger partial charge in [-0.1, -0.05) is 324 Å². The van der Waals surface area contributed by atoms with Gasteiger partial charge in [-0.25, -0.2) is 4.57 Å². The van der Waals surface area contributed by atoms with Gasteiger partial charge in [-0.05, 0) is 70.6 Å². The maximum atomic E-state index is 13.0. The highest BCUT2D eigenvalue weighted by Gasteiger charge is 2.28. The fourth-order valence-electron chi connectivity index (χ4n) is 10.0. The number of aliphatic hydroxyl groups is 1. The Morgan fingerprint density at radius 2 is 0.741 bits per heavy atom. The lowest BCUT2D eigenvalue weighted by atomic mass is 10.0. The topological polar surface area (TPSA) is 105 Å². The van der Waals surface area contributed by atoms with Crippen LogP contribution in [0.2, 0.25) is 0 Å². The first kappa shape index (κ1) is 78.7. The third-order valence-corrected chi connectivity index (χ3v) is 16.4. The molecule has 0 aromatic rings. The van der Waals surface area contributed by atoms with Gasteiger partial charge in [0.15, 0.2) is 0 Å². The molecule has 0 fully saturated rings. The highest BCUT2D eigenvalue weighted by molar-refractivity contribution is 7.47. The van der Waals surface area contributed by atoms with E-state index >= 15 is 0 Å². The molecule has 3 atom stereocenters. The first-order valence-electron chi connectivity index (χ1n) is 34.5. The van der Waals surface area contributed by atoms with Gasteiger partial charge >= 0.3 is 7.82 Å². The summed E-state index contributed by atoms with van der Waals surface area (Å²) in [5.74, 6) is -0.181. The lowest BCUT2D eigenvalue weighted by molar-refractivity contribution is -0.870. The predicted octanol–water partition coefficient (Wildman–Crippen LogP) is 21.9. The van der Waals surface area contributed by atoms with Crippen molar-refractivity contribution in [3.8, 4) is 0 Å². The standard InChI is InChI=1S/C72H133N2O6P/c1-6-8-10-12-14-16-18-20-22-24-26-28-30-32-34-36-38-39-41-43-45-47-49-51-53-55-57-59-61-63-65-71(75)70(69-80-81(77,78)79-68-67-74(3,4)5)73-72(76)66-64-62-60-58-56-54-52-50-48-46-44-42-40-37-35-33-31-29-27-25-23-21-19-17-15-13-11-9-7-2/h9,11,15,17,21,23,27,29,33,35,40,42,63,65,70-71,75H,6-8,10,12-14,16,18-20,22,24-26,28,30-32,34,36-39,41,43-62,64,66-69H2,1-5H3,(H-,73,76,77,78)/p+1/b11-9-,17-15-,23-21-,29-27-,35-33-,42-40-,65-63+. The van der Waals surface area contributed by atoms with Gasteiger partial charge in [0.25, 0.3) is 0 Å². The molecule has 9 heteroatoms. The molecule has 0 aromatic heterocycles. The normalized spacial score (nSPS) is 14.2. The van der Waals surface area contributed by atoms with E-state index in [4.69, 9.17) is 9.05 Å². The van der Waals surface area contributed by atoms with E-state index in [1.54, 1.807) is 6.08 Å². The van der Waals surface area contributed by atoms with Crippen molar-refractivity contribution in [1.82, 2.24) is 5.32 Å². The van der Waals surface area contributed by atoms with Crippen LogP contribution in [0, 0.1) is 0 Å². The summed E-state index contributed by atoms with van der Waals surface area (Å²) >= 11 is 0. The third-order valence-electron chi connectivity index (χ3n) is 15.4. The van der Waals surface area contributed by atoms with Gasteiger partial charge in [-0.15, -0.1) is 0 Å². The molecule has 1 amide bonds. The van der Waals surface area contributed by atoms with E-state index in [2.05, 4.69) is 92.1 Å². The van der Waals surface area contributed by atoms with E-state index in [9.17, 15) is 19.4 Å². The zero-order chi connectivity index (χ0) is 59.1. The molecule has 0 heterocycles. The van der Waals surface area contributed by atoms with Crippen LogP contribution in [0.25, 0.3) is 0 Å². The molecule has 0 rings (SSSR count). The van der Waals surface area contributed by atoms with Crippen LogP contribution in [-0.2, 0) is 18.4 Å². The molecule has 0 aromatic carbocycles. The monoisotopic (exact) mass is 1150 g/mol. The SMILES string of the molecule is CC/C=C\C/C=C\C/C=C\C/C=C\C/C=C\C/C=C\CCCCCCCCCCCCC(=O)NC(COP(=O)(O)OCC[N+](C)(C)C)C(O)/C=C/CCCCCCCCCCCCCCCCCCCCCCCCCCCCCC. The Balaban J connectivity index is 4.12. The second-order valence-electron chi connectivity index (χ2n) is 24.5. The van der Waals surface area contributed by atoms with Crippen LogP contribution in [0.4, 0.5) is 0 Å². The molecule has 0 aliphatic carbocycles. The van der Waals surface area contributed by atoms with Crippen molar-refractivity contribution in [2.45, 2.75) is 328 Å². The van der Waals surface area contributed by atoms with Crippen LogP contribution in [0.15, 0.2) is 85.1 Å². The van der Waals surface area contributed by atoms with Crippen molar-refractivity contribution in [3.63, 3.8) is 0 Å². The molecule has 0 aliphatic rings. The summed E-state index contributed by atoms with van der Waals surface area (Å²) in [5.41, 5.74) is 0. The van der Waals surface area contributed by atoms with Gasteiger partial charge in [-0.2, -0.15) is 0 Å². The van der Waals surface area contributed by atoms with E-state index in [0.717, 1.165) is 83.5 Å². The Bertz CT molecular complexity index is 1600. The number of hydrogen-bond donors (Lipinski definition) is 3. The summed E-state index contributed by atoms with van der Waals surface area (Å²) < 4.78 is 23.8. The molecule has 3 unspecified atom stereocenters. The number of allylic oxidation sites excluding steroid dienone is 13. The van der Waals surface area contributed by atoms with Gasteiger partial charge in [0.1, 0.15) is 13.2 Å². The van der Waals surface area contributed by atoms with E-state index in [1.165, 1.54) is 212 Å². The van der Waals surface area contributed by atoms with E-state index in [1.807, 2.05) is 27.2 Å². The molecular formula is C72H134N2O6P+. The van der Waals surface area contributed by atoms with Gasteiger partial charge in [0.05, 0.1) is 39.9 Å². The number of rotatable bonds is 63. The molecule has 0 radical (unpaired) electrons. The van der Waals surface area contributed by atoms with Crippen molar-refractivity contribution in [1.29, 1.82) is 0 Å². The number of carbonyl (C=O) groups is 1. The van der Waals surface area contributed by atoms with E-state index in [-0.39, 0.29) is 19.1 Å². The Morgan fingerprint density at radius 1 is 0.432 bits per heavy atom. The number of aliphatic hydroxyl groups excluding tert-OH is 1. The maximum absolute atomic E-state index is 13.0. The first-order valence-corrected chi connectivity index (χ1v) is 36.0. The molecule has 3 N–H and O–H groups in total. The molecule has 472 valence electrons. The highest BCUT2D eigenvalue weighted by Crippen LogP contribution is 2.43. The van der Waals surface area contributed by atoms with Crippen LogP contribution in [0.3, 0.4) is 0 Å². The van der Waals surface area contributed by atoms with Gasteiger partial charge < -0.3 is 19.8 Å². The minimum absolute atomic E-state index is 0.0577. The largest absolute Gasteiger partial charge is 0.472 e. The molecule has 8 nitrogen and oxygen atoms in total. The number of carbonyl (C=O) groups excluding carboxylic acids is 1. The lowest BCUT2D eigenvalue weighted by Gasteiger charge is -2.25. The molecule has 0 aliphatic heterocycles. The van der Waals surface area contributed by atoms with Crippen molar-refractivity contribution in [2.24, 2.45) is 0 Å². The van der Waals surface area contributed by atoms with Crippen LogP contribution in [0.5, 0.6) is 0 Å². The molecule has 0 saturated carbocycles. The fourth-order valence-corrected chi connectivity index (χ4v) is 10.8. The smallest absolute Gasteiger partial charge is 0.387 e. The number of amides is 1. The zero-order valence-corrected chi connectivity index (χ0v) is 54.9. The number of phosphoric acid groups is 1. The fraction of sp³-hybridized carbons (Fsp3) is 0.792. The number of hydrogen-bond acceptors (Lipinski definition) is 5. The minimum Gasteiger partial charge on any atom is -0.387 e. The number of likely N-dealkylation sites (N-methyl/N-ethyl adjacent to an activating group) is 1. The van der Waals surface area contributed by atoms with Crippen molar-refractivity contribution >= 4 is 13.7 Å². The molecule has 81 heavy (non-hydrogen) atoms. The second kappa shape index (κ2) is 62.2. The predicted molar refractivity (Wildman–Crippen MR) is 355 cm³/mol. The number of nitrogens with zero attached hydrogens (tertiary/aromatic N) is 1. The summed E-state index contributed by atoms with van der Waals surface area (Å²) in [6.07, 6.45) is 88.6. The Morgan fingerprint density at radius 3 is 1.09 bits per heavy atom. The van der Waals surface area contributed by atoms with Gasteiger partial charge in [0.2, 0.25) is 5.91 Å². The summed E-state index contributed by atoms with van der Waals surface area (Å²) in [6, 6.07) is -0.856. The second-order valence-corrected chi connectivity index (χ2v) is 26.0. The van der Waals surface area contributed by atoms with Crippen molar-refractivity contribution in [2.75, 3.05) is 40.9 Å². The third kappa shape index (κ3) is 65.1. The first-order chi connectivity index (χ1) is 39.5. The van der Waals surface area contributed by atoms with Crippen LogP contribution >= 0.6 is 7.82 Å². The molecule has 0 saturated heterocycles. The summed E-state index contributed by atoms with van der Waals surface area (Å²) in [7, 11) is 1.57. The van der Waals surface area contributed by atoms with Crippen LogP contribution < -0.4 is 5.32 Å². The average Bonchev–Trinajstić information content (AvgIpc) is 3.43. The summed E-state index contributed by atoms with van der Waals surface area (Å²) in [6.45, 7) is 4.73. The summed E-state index contributed by atoms with van der Waals surface area (Å²) in [4.78, 5) is 23.4. The summed E-state index contributed by atoms with van der Waals surface area (Å²) in [5, 5.41) is 14.0. The maximum Gasteiger partial charge on any atom is 0.472 e. The number of unbranched alkanes of at least 4 members (excludes halogenated alkanes) is 38. The molecular weight excluding hydrogens is 1020 g/mol. The number of quaternary nitrogens is 1. The molecule has 0 spiro atoms. The average molecular weight is 1150 g/mol. The van der Waals surface area contributed by atoms with E-state index < -0.39 is 20.0 Å². The number of nitrogens with one attached hydrogen (secondary N) is 1. The van der Waals surface area contributed by atoms with Crippen molar-refractivity contribution < 1.29 is 32.9 Å². The van der Waals surface area contributed by atoms with Crippen LogP contribution in [0.1, 0.15) is 316 Å². The highest BCUT2D eigenvalue weighted by atomic mass is 31.2. The Hall–Kier alpha value is -2.32.